The van der Waals surface area contributed by atoms with Gasteiger partial charge in [0.05, 0.1) is 0 Å². The summed E-state index contributed by atoms with van der Waals surface area (Å²) in [6, 6.07) is 0. The second-order valence-corrected chi connectivity index (χ2v) is 4.19. The number of hydrogen-bond acceptors (Lipinski definition) is 5. The highest BCUT2D eigenvalue weighted by Crippen LogP contribution is 2.25. The molecule has 1 aromatic rings. The predicted octanol–water partition coefficient (Wildman–Crippen LogP) is 0.905. The molecule has 0 spiro atoms. The van der Waals surface area contributed by atoms with Gasteiger partial charge in [-0.3, -0.25) is 0 Å². The van der Waals surface area contributed by atoms with Crippen LogP contribution < -0.4 is 0 Å². The van der Waals surface area contributed by atoms with Crippen LogP contribution in [-0.4, -0.2) is 40.4 Å². The van der Waals surface area contributed by atoms with E-state index in [2.05, 4.69) is 10.1 Å². The summed E-state index contributed by atoms with van der Waals surface area (Å²) < 4.78 is 11.9. The lowest BCUT2D eigenvalue weighted by Gasteiger charge is -2.26. The Balaban J connectivity index is 2.83. The first-order valence-electron chi connectivity index (χ1n) is 5.71. The first-order valence-corrected chi connectivity index (χ1v) is 5.71. The molecular formula is C11H21N3O3. The lowest BCUT2D eigenvalue weighted by molar-refractivity contribution is -0.144. The number of nitrogens with zero attached hydrogens (tertiary/aromatic N) is 3. The first-order chi connectivity index (χ1) is 8.05. The van der Waals surface area contributed by atoms with E-state index in [0.717, 1.165) is 13.0 Å². The van der Waals surface area contributed by atoms with E-state index >= 15 is 0 Å². The van der Waals surface area contributed by atoms with E-state index in [-0.39, 0.29) is 0 Å². The van der Waals surface area contributed by atoms with Crippen molar-refractivity contribution in [3.63, 3.8) is 0 Å². The van der Waals surface area contributed by atoms with Crippen LogP contribution in [0.25, 0.3) is 0 Å². The van der Waals surface area contributed by atoms with Gasteiger partial charge in [0.2, 0.25) is 0 Å². The molecule has 1 N–H and O–H groups in total. The average molecular weight is 243 g/mol. The molecule has 6 nitrogen and oxygen atoms in total. The normalized spacial score (nSPS) is 15.2. The third-order valence-electron chi connectivity index (χ3n) is 2.62. The molecule has 1 rings (SSSR count). The van der Waals surface area contributed by atoms with Crippen molar-refractivity contribution in [3.05, 3.63) is 12.2 Å². The maximum absolute atomic E-state index is 10.4. The number of ether oxygens (including phenoxy) is 2. The second kappa shape index (κ2) is 6.09. The van der Waals surface area contributed by atoms with Gasteiger partial charge >= 0.3 is 0 Å². The Morgan fingerprint density at radius 2 is 2.12 bits per heavy atom. The minimum absolute atomic E-state index is 0.308. The number of aryl methyl sites for hydroxylation is 1. The largest absolute Gasteiger partial charge is 0.382 e. The van der Waals surface area contributed by atoms with Crippen LogP contribution >= 0.6 is 0 Å². The Kier molecular flexibility index (Phi) is 5.04. The van der Waals surface area contributed by atoms with Crippen LogP contribution in [-0.2, 0) is 21.6 Å². The highest BCUT2D eigenvalue weighted by atomic mass is 16.7. The molecule has 0 amide bonds. The van der Waals surface area contributed by atoms with Crippen molar-refractivity contribution < 1.29 is 14.6 Å². The van der Waals surface area contributed by atoms with Crippen molar-refractivity contribution in [1.29, 1.82) is 0 Å². The second-order valence-electron chi connectivity index (χ2n) is 4.19. The van der Waals surface area contributed by atoms with Crippen LogP contribution in [0, 0.1) is 0 Å². The summed E-state index contributed by atoms with van der Waals surface area (Å²) >= 11 is 0. The maximum Gasteiger partial charge on any atom is 0.160 e. The molecule has 6 heteroatoms. The Hall–Kier alpha value is -0.980. The summed E-state index contributed by atoms with van der Waals surface area (Å²) in [5, 5.41) is 14.5. The molecule has 0 radical (unpaired) electrons. The lowest BCUT2D eigenvalue weighted by atomic mass is 10.0. The number of methoxy groups -OCH3 is 2. The Bertz CT molecular complexity index is 334. The van der Waals surface area contributed by atoms with Crippen molar-refractivity contribution in [2.75, 3.05) is 14.2 Å². The fourth-order valence-electron chi connectivity index (χ4n) is 1.74. The van der Waals surface area contributed by atoms with Crippen LogP contribution in [0.1, 0.15) is 32.5 Å². The number of hydrogen-bond donors (Lipinski definition) is 1. The zero-order valence-electron chi connectivity index (χ0n) is 10.9. The fourth-order valence-corrected chi connectivity index (χ4v) is 1.74. The van der Waals surface area contributed by atoms with Crippen molar-refractivity contribution in [1.82, 2.24) is 14.8 Å². The maximum atomic E-state index is 10.4. The van der Waals surface area contributed by atoms with Crippen LogP contribution in [0.5, 0.6) is 0 Å². The minimum atomic E-state index is -1.12. The molecule has 0 saturated carbocycles. The quantitative estimate of drug-likeness (QED) is 0.721. The summed E-state index contributed by atoms with van der Waals surface area (Å²) in [7, 11) is 3.09. The summed E-state index contributed by atoms with van der Waals surface area (Å²) in [5.41, 5.74) is -1.12. The van der Waals surface area contributed by atoms with E-state index in [1.54, 1.807) is 25.8 Å². The molecule has 1 atom stereocenters. The third kappa shape index (κ3) is 3.49. The Morgan fingerprint density at radius 1 is 1.47 bits per heavy atom. The monoisotopic (exact) mass is 243 g/mol. The zero-order valence-corrected chi connectivity index (χ0v) is 10.9. The van der Waals surface area contributed by atoms with Gasteiger partial charge in [0.25, 0.3) is 0 Å². The van der Waals surface area contributed by atoms with Crippen molar-refractivity contribution in [2.45, 2.75) is 45.1 Å². The van der Waals surface area contributed by atoms with Crippen LogP contribution in [0.3, 0.4) is 0 Å². The van der Waals surface area contributed by atoms with E-state index in [1.165, 1.54) is 6.33 Å². The van der Waals surface area contributed by atoms with Gasteiger partial charge in [0, 0.05) is 27.2 Å². The predicted molar refractivity (Wildman–Crippen MR) is 62.3 cm³/mol. The molecule has 0 fully saturated rings. The number of aliphatic hydroxyl groups is 1. The van der Waals surface area contributed by atoms with Crippen molar-refractivity contribution in [3.8, 4) is 0 Å². The zero-order chi connectivity index (χ0) is 12.9. The highest BCUT2D eigenvalue weighted by molar-refractivity contribution is 4.99. The molecule has 1 unspecified atom stereocenters. The lowest BCUT2D eigenvalue weighted by Crippen LogP contribution is -2.33. The number of aromatic nitrogens is 3. The summed E-state index contributed by atoms with van der Waals surface area (Å²) in [4.78, 5) is 4.12. The highest BCUT2D eigenvalue weighted by Gasteiger charge is 2.32. The van der Waals surface area contributed by atoms with Crippen molar-refractivity contribution >= 4 is 0 Å². The van der Waals surface area contributed by atoms with Gasteiger partial charge in [-0.05, 0) is 13.3 Å². The minimum Gasteiger partial charge on any atom is -0.382 e. The van der Waals surface area contributed by atoms with Gasteiger partial charge in [-0.1, -0.05) is 6.92 Å². The van der Waals surface area contributed by atoms with Gasteiger partial charge in [-0.2, -0.15) is 5.10 Å². The van der Waals surface area contributed by atoms with Crippen LogP contribution in [0.4, 0.5) is 0 Å². The molecule has 98 valence electrons. The van der Waals surface area contributed by atoms with Gasteiger partial charge < -0.3 is 14.6 Å². The molecule has 0 aromatic carbocycles. The molecule has 0 aliphatic carbocycles. The molecule has 0 saturated heterocycles. The van der Waals surface area contributed by atoms with Gasteiger partial charge in [-0.15, -0.1) is 0 Å². The van der Waals surface area contributed by atoms with Crippen LogP contribution in [0.15, 0.2) is 6.33 Å². The van der Waals surface area contributed by atoms with Gasteiger partial charge in [0.1, 0.15) is 11.9 Å². The molecule has 1 aromatic heterocycles. The smallest absolute Gasteiger partial charge is 0.160 e. The molecule has 1 heterocycles. The van der Waals surface area contributed by atoms with E-state index in [9.17, 15) is 5.11 Å². The molecular weight excluding hydrogens is 222 g/mol. The summed E-state index contributed by atoms with van der Waals surface area (Å²) in [6.45, 7) is 4.47. The summed E-state index contributed by atoms with van der Waals surface area (Å²) in [5.74, 6) is 0.540. The molecule has 0 bridgehead atoms. The van der Waals surface area contributed by atoms with E-state index in [1.807, 2.05) is 6.92 Å². The van der Waals surface area contributed by atoms with Crippen LogP contribution in [0.2, 0.25) is 0 Å². The molecule has 0 aliphatic rings. The SMILES string of the molecule is CCCn1ncnc1C(C)(O)CC(OC)OC. The molecule has 17 heavy (non-hydrogen) atoms. The first kappa shape index (κ1) is 14.1. The van der Waals surface area contributed by atoms with Gasteiger partial charge in [0.15, 0.2) is 12.1 Å². The topological polar surface area (TPSA) is 69.4 Å². The van der Waals surface area contributed by atoms with E-state index in [4.69, 9.17) is 9.47 Å². The van der Waals surface area contributed by atoms with E-state index in [0.29, 0.717) is 12.2 Å². The molecule has 0 aliphatic heterocycles. The third-order valence-corrected chi connectivity index (χ3v) is 2.62. The van der Waals surface area contributed by atoms with E-state index < -0.39 is 11.9 Å². The van der Waals surface area contributed by atoms with Gasteiger partial charge in [-0.25, -0.2) is 9.67 Å². The fraction of sp³-hybridized carbons (Fsp3) is 0.818. The summed E-state index contributed by atoms with van der Waals surface area (Å²) in [6.07, 6.45) is 2.23. The Labute approximate surface area is 102 Å². The Morgan fingerprint density at radius 3 is 2.65 bits per heavy atom. The van der Waals surface area contributed by atoms with Crippen molar-refractivity contribution in [2.24, 2.45) is 0 Å². The standard InChI is InChI=1S/C11H21N3O3/c1-5-6-14-10(12-8-13-14)11(2,15)7-9(16-3)17-4/h8-9,15H,5-7H2,1-4H3. The number of rotatable bonds is 7. The average Bonchev–Trinajstić information content (AvgIpc) is 2.75.